The van der Waals surface area contributed by atoms with Gasteiger partial charge in [-0.2, -0.15) is 0 Å². The molecule has 0 fully saturated rings. The Labute approximate surface area is 80.0 Å². The Kier molecular flexibility index (Phi) is 3.44. The first-order chi connectivity index (χ1) is 6.15. The Morgan fingerprint density at radius 3 is 2.69 bits per heavy atom. The van der Waals surface area contributed by atoms with Crippen LogP contribution in [0.3, 0.4) is 0 Å². The highest BCUT2D eigenvalue weighted by Crippen LogP contribution is 2.20. The van der Waals surface area contributed by atoms with E-state index in [2.05, 4.69) is 0 Å². The Morgan fingerprint density at radius 1 is 1.46 bits per heavy atom. The predicted octanol–water partition coefficient (Wildman–Crippen LogP) is 3.06. The molecule has 0 amide bonds. The smallest absolute Gasteiger partial charge is 0.342 e. The fourth-order valence-corrected chi connectivity index (χ4v) is 1.92. The number of aryl methyl sites for hydroxylation is 2. The van der Waals surface area contributed by atoms with Crippen LogP contribution in [0.2, 0.25) is 0 Å². The number of rotatable bonds is 2. The molecule has 70 valence electrons. The standard InChI is InChI=1S/C10H13O2P/c1-4-12-10(11)9-5-7(2)8(3)6-13-9/h5-6H,4H2,1-3H3. The van der Waals surface area contributed by atoms with Crippen LogP contribution in [0.25, 0.3) is 0 Å². The highest BCUT2D eigenvalue weighted by atomic mass is 31.0. The molecule has 1 heterocycles. The van der Waals surface area contributed by atoms with Crippen molar-refractivity contribution in [2.75, 3.05) is 6.61 Å². The quantitative estimate of drug-likeness (QED) is 0.679. The summed E-state index contributed by atoms with van der Waals surface area (Å²) in [6.07, 6.45) is 0. The van der Waals surface area contributed by atoms with Crippen molar-refractivity contribution in [2.45, 2.75) is 20.8 Å². The minimum Gasteiger partial charge on any atom is -0.462 e. The van der Waals surface area contributed by atoms with Gasteiger partial charge in [-0.05, 0) is 43.8 Å². The second-order valence-electron chi connectivity index (χ2n) is 2.87. The molecule has 2 nitrogen and oxygen atoms in total. The summed E-state index contributed by atoms with van der Waals surface area (Å²) in [5.74, 6) is 1.83. The lowest BCUT2D eigenvalue weighted by Crippen LogP contribution is -2.02. The van der Waals surface area contributed by atoms with Crippen LogP contribution in [0, 0.1) is 13.8 Å². The molecule has 0 bridgehead atoms. The van der Waals surface area contributed by atoms with Crippen LogP contribution >= 0.6 is 8.19 Å². The van der Waals surface area contributed by atoms with Crippen molar-refractivity contribution in [3.05, 3.63) is 28.3 Å². The van der Waals surface area contributed by atoms with Crippen molar-refractivity contribution in [2.24, 2.45) is 0 Å². The average molecular weight is 196 g/mol. The molecule has 0 saturated heterocycles. The maximum atomic E-state index is 11.3. The zero-order valence-electron chi connectivity index (χ0n) is 8.13. The topological polar surface area (TPSA) is 26.3 Å². The van der Waals surface area contributed by atoms with E-state index in [1.165, 1.54) is 5.56 Å². The van der Waals surface area contributed by atoms with Gasteiger partial charge in [0.2, 0.25) is 0 Å². The van der Waals surface area contributed by atoms with Crippen molar-refractivity contribution in [1.82, 2.24) is 0 Å². The third-order valence-electron chi connectivity index (χ3n) is 1.86. The lowest BCUT2D eigenvalue weighted by molar-refractivity contribution is 0.0532. The zero-order chi connectivity index (χ0) is 9.84. The van der Waals surface area contributed by atoms with Crippen LogP contribution in [0.4, 0.5) is 0 Å². The van der Waals surface area contributed by atoms with Gasteiger partial charge in [-0.3, -0.25) is 0 Å². The molecule has 0 spiro atoms. The van der Waals surface area contributed by atoms with Crippen LogP contribution in [0.5, 0.6) is 0 Å². The first kappa shape index (κ1) is 10.2. The first-order valence-corrected chi connectivity index (χ1v) is 5.22. The van der Waals surface area contributed by atoms with Gasteiger partial charge in [-0.1, -0.05) is 8.19 Å². The van der Waals surface area contributed by atoms with Gasteiger partial charge in [0.15, 0.2) is 0 Å². The fraction of sp³-hybridized carbons (Fsp3) is 0.400. The molecule has 0 aliphatic rings. The molecule has 0 radical (unpaired) electrons. The van der Waals surface area contributed by atoms with E-state index in [-0.39, 0.29) is 5.97 Å². The molecule has 0 unspecified atom stereocenters. The van der Waals surface area contributed by atoms with Gasteiger partial charge < -0.3 is 4.74 Å². The molecule has 0 aromatic carbocycles. The van der Waals surface area contributed by atoms with E-state index in [4.69, 9.17) is 4.74 Å². The van der Waals surface area contributed by atoms with E-state index in [9.17, 15) is 4.79 Å². The molecular weight excluding hydrogens is 183 g/mol. The Morgan fingerprint density at radius 2 is 2.15 bits per heavy atom. The zero-order valence-corrected chi connectivity index (χ0v) is 9.02. The van der Waals surface area contributed by atoms with Crippen molar-refractivity contribution in [3.8, 4) is 0 Å². The minimum absolute atomic E-state index is 0.202. The Bertz CT molecular complexity index is 321. The summed E-state index contributed by atoms with van der Waals surface area (Å²) in [7, 11) is 0.940. The third kappa shape index (κ3) is 2.53. The van der Waals surface area contributed by atoms with Crippen LogP contribution in [0.15, 0.2) is 11.9 Å². The van der Waals surface area contributed by atoms with E-state index >= 15 is 0 Å². The highest BCUT2D eigenvalue weighted by molar-refractivity contribution is 7.31. The first-order valence-electron chi connectivity index (χ1n) is 4.25. The number of esters is 1. The van der Waals surface area contributed by atoms with Gasteiger partial charge in [-0.25, -0.2) is 4.79 Å². The number of carbonyl (C=O) groups is 1. The van der Waals surface area contributed by atoms with Gasteiger partial charge >= 0.3 is 5.97 Å². The largest absolute Gasteiger partial charge is 0.462 e. The van der Waals surface area contributed by atoms with Crippen LogP contribution in [0.1, 0.15) is 28.1 Å². The van der Waals surface area contributed by atoms with Gasteiger partial charge in [0, 0.05) is 0 Å². The predicted molar refractivity (Wildman–Crippen MR) is 54.4 cm³/mol. The van der Waals surface area contributed by atoms with Gasteiger partial charge in [0.1, 0.15) is 0 Å². The Balaban J connectivity index is 2.90. The van der Waals surface area contributed by atoms with Gasteiger partial charge in [0.25, 0.3) is 0 Å². The number of carbonyl (C=O) groups excluding carboxylic acids is 1. The van der Waals surface area contributed by atoms with Crippen molar-refractivity contribution in [1.29, 1.82) is 0 Å². The molecule has 3 heteroatoms. The number of hydrogen-bond donors (Lipinski definition) is 0. The number of hydrogen-bond acceptors (Lipinski definition) is 2. The fourth-order valence-electron chi connectivity index (χ4n) is 0.941. The van der Waals surface area contributed by atoms with E-state index in [1.54, 1.807) is 0 Å². The molecule has 0 saturated carbocycles. The SMILES string of the molecule is CCOC(=O)c1cc(C)c(C)cp1. The lowest BCUT2D eigenvalue weighted by Gasteiger charge is -2.03. The van der Waals surface area contributed by atoms with E-state index in [1.807, 2.05) is 32.6 Å². The highest BCUT2D eigenvalue weighted by Gasteiger charge is 2.06. The van der Waals surface area contributed by atoms with E-state index < -0.39 is 0 Å². The van der Waals surface area contributed by atoms with Crippen LogP contribution in [-0.4, -0.2) is 12.6 Å². The van der Waals surface area contributed by atoms with Crippen molar-refractivity contribution < 1.29 is 9.53 Å². The summed E-state index contributed by atoms with van der Waals surface area (Å²) in [5.41, 5.74) is 2.37. The molecule has 0 aliphatic carbocycles. The summed E-state index contributed by atoms with van der Waals surface area (Å²) in [6, 6.07) is 1.90. The summed E-state index contributed by atoms with van der Waals surface area (Å²) < 4.78 is 4.91. The molecule has 1 aromatic rings. The second-order valence-corrected chi connectivity index (χ2v) is 3.87. The average Bonchev–Trinajstić information content (AvgIpc) is 2.10. The normalized spacial score (nSPS) is 10.4. The second kappa shape index (κ2) is 4.38. The summed E-state index contributed by atoms with van der Waals surface area (Å²) in [4.78, 5) is 11.3. The molecule has 0 atom stereocenters. The molecule has 0 N–H and O–H groups in total. The summed E-state index contributed by atoms with van der Waals surface area (Å²) >= 11 is 0. The van der Waals surface area contributed by atoms with Gasteiger partial charge in [-0.15, -0.1) is 0 Å². The van der Waals surface area contributed by atoms with E-state index in [0.29, 0.717) is 6.61 Å². The summed E-state index contributed by atoms with van der Waals surface area (Å²) in [6.45, 7) is 6.30. The summed E-state index contributed by atoms with van der Waals surface area (Å²) in [5, 5.41) is 0.727. The lowest BCUT2D eigenvalue weighted by atomic mass is 10.2. The molecular formula is C10H13O2P. The van der Waals surface area contributed by atoms with Gasteiger partial charge in [0.05, 0.1) is 11.9 Å². The monoisotopic (exact) mass is 196 g/mol. The van der Waals surface area contributed by atoms with E-state index in [0.717, 1.165) is 19.1 Å². The molecule has 0 aliphatic heterocycles. The minimum atomic E-state index is -0.202. The van der Waals surface area contributed by atoms with Crippen molar-refractivity contribution >= 4 is 14.2 Å². The maximum absolute atomic E-state index is 11.3. The molecule has 1 rings (SSSR count). The Hall–Kier alpha value is -0.880. The molecule has 13 heavy (non-hydrogen) atoms. The van der Waals surface area contributed by atoms with Crippen molar-refractivity contribution in [3.63, 3.8) is 0 Å². The number of ether oxygens (including phenoxy) is 1. The van der Waals surface area contributed by atoms with Crippen LogP contribution < -0.4 is 0 Å². The molecule has 1 aromatic heterocycles. The van der Waals surface area contributed by atoms with Crippen LogP contribution in [-0.2, 0) is 4.74 Å². The maximum Gasteiger partial charge on any atom is 0.342 e. The third-order valence-corrected chi connectivity index (χ3v) is 2.96.